The van der Waals surface area contributed by atoms with Crippen LogP contribution in [0.1, 0.15) is 53.3 Å². The molecule has 4 heterocycles. The molecule has 30 heavy (non-hydrogen) atoms. The third-order valence-electron chi connectivity index (χ3n) is 6.50. The Morgan fingerprint density at radius 1 is 1.17 bits per heavy atom. The summed E-state index contributed by atoms with van der Waals surface area (Å²) in [5, 5.41) is 2.95. The number of halogens is 2. The molecule has 0 aromatic carbocycles. The van der Waals surface area contributed by atoms with Crippen LogP contribution in [0.2, 0.25) is 0 Å². The number of hydrogen-bond acceptors (Lipinski definition) is 6. The van der Waals surface area contributed by atoms with Crippen molar-refractivity contribution < 1.29 is 18.3 Å². The van der Waals surface area contributed by atoms with Crippen LogP contribution in [-0.4, -0.2) is 52.1 Å². The predicted molar refractivity (Wildman–Crippen MR) is 104 cm³/mol. The van der Waals surface area contributed by atoms with Gasteiger partial charge < -0.3 is 15.0 Å². The Labute approximate surface area is 172 Å². The van der Waals surface area contributed by atoms with Gasteiger partial charge in [-0.1, -0.05) is 6.07 Å². The SMILES string of the molecule is O=C(c1cnc(NC2CC(F)(F)c3ncccc32)nc1)N1CCC2(CCOCC2)C1. The maximum absolute atomic E-state index is 14.2. The summed E-state index contributed by atoms with van der Waals surface area (Å²) >= 11 is 0. The first-order valence-corrected chi connectivity index (χ1v) is 10.2. The van der Waals surface area contributed by atoms with Crippen molar-refractivity contribution in [1.29, 1.82) is 0 Å². The third kappa shape index (κ3) is 3.40. The Kier molecular flexibility index (Phi) is 4.65. The van der Waals surface area contributed by atoms with E-state index in [9.17, 15) is 13.6 Å². The first kappa shape index (κ1) is 19.3. The minimum atomic E-state index is -2.99. The number of nitrogens with zero attached hydrogens (tertiary/aromatic N) is 4. The van der Waals surface area contributed by atoms with E-state index in [0.717, 1.165) is 45.6 Å². The van der Waals surface area contributed by atoms with Crippen LogP contribution in [0.3, 0.4) is 0 Å². The molecule has 0 radical (unpaired) electrons. The number of aromatic nitrogens is 3. The van der Waals surface area contributed by atoms with Crippen molar-refractivity contribution in [3.8, 4) is 0 Å². The Hall–Kier alpha value is -2.68. The highest BCUT2D eigenvalue weighted by Crippen LogP contribution is 2.46. The summed E-state index contributed by atoms with van der Waals surface area (Å²) in [4.78, 5) is 27.0. The van der Waals surface area contributed by atoms with E-state index in [-0.39, 0.29) is 23.0 Å². The summed E-state index contributed by atoms with van der Waals surface area (Å²) in [6.07, 6.45) is 6.86. The molecule has 158 valence electrons. The van der Waals surface area contributed by atoms with Crippen LogP contribution in [0.15, 0.2) is 30.7 Å². The molecule has 1 spiro atoms. The van der Waals surface area contributed by atoms with Gasteiger partial charge >= 0.3 is 0 Å². The van der Waals surface area contributed by atoms with Gasteiger partial charge in [0.2, 0.25) is 5.95 Å². The molecule has 3 aliphatic rings. The Morgan fingerprint density at radius 3 is 2.70 bits per heavy atom. The fourth-order valence-corrected chi connectivity index (χ4v) is 4.77. The molecule has 1 N–H and O–H groups in total. The molecule has 7 nitrogen and oxygen atoms in total. The predicted octanol–water partition coefficient (Wildman–Crippen LogP) is 3.16. The number of fused-ring (bicyclic) bond motifs is 1. The van der Waals surface area contributed by atoms with Gasteiger partial charge in [0.25, 0.3) is 11.8 Å². The van der Waals surface area contributed by atoms with E-state index >= 15 is 0 Å². The molecule has 9 heteroatoms. The van der Waals surface area contributed by atoms with Gasteiger partial charge in [-0.15, -0.1) is 0 Å². The van der Waals surface area contributed by atoms with Crippen molar-refractivity contribution in [2.75, 3.05) is 31.6 Å². The second-order valence-corrected chi connectivity index (χ2v) is 8.43. The van der Waals surface area contributed by atoms with E-state index in [0.29, 0.717) is 11.1 Å². The van der Waals surface area contributed by atoms with Crippen molar-refractivity contribution in [3.63, 3.8) is 0 Å². The smallest absolute Gasteiger partial charge is 0.292 e. The lowest BCUT2D eigenvalue weighted by molar-refractivity contribution is -0.00928. The molecule has 1 amide bonds. The lowest BCUT2D eigenvalue weighted by Gasteiger charge is -2.33. The second kappa shape index (κ2) is 7.23. The average molecular weight is 415 g/mol. The van der Waals surface area contributed by atoms with Crippen molar-refractivity contribution in [2.45, 2.75) is 37.6 Å². The summed E-state index contributed by atoms with van der Waals surface area (Å²) in [7, 11) is 0. The van der Waals surface area contributed by atoms with Gasteiger partial charge in [-0.25, -0.2) is 9.97 Å². The lowest BCUT2D eigenvalue weighted by atomic mass is 9.80. The summed E-state index contributed by atoms with van der Waals surface area (Å²) in [5.41, 5.74) is 0.824. The number of anilines is 1. The number of ether oxygens (including phenoxy) is 1. The van der Waals surface area contributed by atoms with Gasteiger partial charge in [-0.2, -0.15) is 8.78 Å². The number of carbonyl (C=O) groups excluding carboxylic acids is 1. The highest BCUT2D eigenvalue weighted by atomic mass is 19.3. The van der Waals surface area contributed by atoms with E-state index in [1.165, 1.54) is 18.6 Å². The minimum Gasteiger partial charge on any atom is -0.381 e. The molecular formula is C21H23F2N5O2. The maximum atomic E-state index is 14.2. The molecular weight excluding hydrogens is 392 g/mol. The first-order valence-electron chi connectivity index (χ1n) is 10.2. The molecule has 2 saturated heterocycles. The Morgan fingerprint density at radius 2 is 1.93 bits per heavy atom. The van der Waals surface area contributed by atoms with E-state index < -0.39 is 18.4 Å². The normalized spacial score (nSPS) is 24.1. The zero-order chi connectivity index (χ0) is 20.8. The Balaban J connectivity index is 1.26. The number of rotatable bonds is 3. The van der Waals surface area contributed by atoms with Crippen LogP contribution >= 0.6 is 0 Å². The minimum absolute atomic E-state index is 0.0909. The van der Waals surface area contributed by atoms with E-state index in [1.807, 2.05) is 4.90 Å². The maximum Gasteiger partial charge on any atom is 0.292 e. The highest BCUT2D eigenvalue weighted by Gasteiger charge is 2.46. The zero-order valence-electron chi connectivity index (χ0n) is 16.5. The van der Waals surface area contributed by atoms with Gasteiger partial charge in [0.15, 0.2) is 0 Å². The number of alkyl halides is 2. The van der Waals surface area contributed by atoms with Crippen LogP contribution < -0.4 is 5.32 Å². The monoisotopic (exact) mass is 415 g/mol. The molecule has 0 bridgehead atoms. The second-order valence-electron chi connectivity index (χ2n) is 8.43. The largest absolute Gasteiger partial charge is 0.381 e. The van der Waals surface area contributed by atoms with Gasteiger partial charge in [0.1, 0.15) is 5.69 Å². The molecule has 5 rings (SSSR count). The standard InChI is InChI=1S/C21H23F2N5O2/c22-21(23)10-16(15-2-1-6-24-17(15)21)27-19-25-11-14(12-26-19)18(29)28-7-3-20(13-28)4-8-30-9-5-20/h1-2,6,11-12,16H,3-5,7-10,13H2,(H,25,26,27). The quantitative estimate of drug-likeness (QED) is 0.830. The number of nitrogens with one attached hydrogen (secondary N) is 1. The van der Waals surface area contributed by atoms with E-state index in [2.05, 4.69) is 20.3 Å². The average Bonchev–Trinajstić information content (AvgIpc) is 3.27. The van der Waals surface area contributed by atoms with Crippen LogP contribution in [0, 0.1) is 5.41 Å². The number of pyridine rings is 1. The van der Waals surface area contributed by atoms with Crippen molar-refractivity contribution in [2.24, 2.45) is 5.41 Å². The van der Waals surface area contributed by atoms with Crippen LogP contribution in [0.5, 0.6) is 0 Å². The molecule has 1 aliphatic carbocycles. The van der Waals surface area contributed by atoms with Crippen LogP contribution in [0.4, 0.5) is 14.7 Å². The third-order valence-corrected chi connectivity index (χ3v) is 6.50. The summed E-state index contributed by atoms with van der Waals surface area (Å²) < 4.78 is 33.8. The van der Waals surface area contributed by atoms with Gasteiger partial charge in [-0.05, 0) is 30.7 Å². The summed E-state index contributed by atoms with van der Waals surface area (Å²) in [6.45, 7) is 2.96. The van der Waals surface area contributed by atoms with Crippen molar-refractivity contribution in [3.05, 3.63) is 47.5 Å². The number of amides is 1. The molecule has 1 unspecified atom stereocenters. The fraction of sp³-hybridized carbons (Fsp3) is 0.524. The van der Waals surface area contributed by atoms with Gasteiger partial charge in [0, 0.05) is 56.9 Å². The molecule has 1 atom stereocenters. The number of carbonyl (C=O) groups is 1. The van der Waals surface area contributed by atoms with Crippen LogP contribution in [-0.2, 0) is 10.7 Å². The van der Waals surface area contributed by atoms with Gasteiger partial charge in [-0.3, -0.25) is 9.78 Å². The fourth-order valence-electron chi connectivity index (χ4n) is 4.77. The molecule has 2 aromatic heterocycles. The topological polar surface area (TPSA) is 80.2 Å². The van der Waals surface area contributed by atoms with Crippen molar-refractivity contribution >= 4 is 11.9 Å². The molecule has 0 saturated carbocycles. The lowest BCUT2D eigenvalue weighted by Crippen LogP contribution is -2.35. The summed E-state index contributed by atoms with van der Waals surface area (Å²) in [5.74, 6) is -2.86. The number of likely N-dealkylation sites (tertiary alicyclic amines) is 1. The zero-order valence-corrected chi connectivity index (χ0v) is 16.5. The Bertz CT molecular complexity index is 947. The molecule has 2 fully saturated rings. The van der Waals surface area contributed by atoms with E-state index in [1.54, 1.807) is 12.1 Å². The van der Waals surface area contributed by atoms with Crippen molar-refractivity contribution in [1.82, 2.24) is 19.9 Å². The summed E-state index contributed by atoms with van der Waals surface area (Å²) in [6, 6.07) is 2.65. The van der Waals surface area contributed by atoms with E-state index in [4.69, 9.17) is 4.74 Å². The van der Waals surface area contributed by atoms with Crippen LogP contribution in [0.25, 0.3) is 0 Å². The highest BCUT2D eigenvalue weighted by molar-refractivity contribution is 5.94. The molecule has 2 aromatic rings. The molecule has 2 aliphatic heterocycles. The van der Waals surface area contributed by atoms with Gasteiger partial charge in [0.05, 0.1) is 11.6 Å². The number of hydrogen-bond donors (Lipinski definition) is 1. The first-order chi connectivity index (χ1) is 14.5.